The highest BCUT2D eigenvalue weighted by Crippen LogP contribution is 2.26. The molecule has 0 saturated carbocycles. The fourth-order valence-corrected chi connectivity index (χ4v) is 2.22. The number of rotatable bonds is 6. The summed E-state index contributed by atoms with van der Waals surface area (Å²) in [6, 6.07) is 12.8. The van der Waals surface area contributed by atoms with Crippen LogP contribution < -0.4 is 11.1 Å². The van der Waals surface area contributed by atoms with Gasteiger partial charge < -0.3 is 26.0 Å². The van der Waals surface area contributed by atoms with E-state index in [1.54, 1.807) is 6.07 Å². The highest BCUT2D eigenvalue weighted by Gasteiger charge is 2.04. The van der Waals surface area contributed by atoms with Crippen molar-refractivity contribution in [2.75, 3.05) is 37.9 Å². The number of ether oxygens (including phenoxy) is 1. The van der Waals surface area contributed by atoms with Gasteiger partial charge in [-0.15, -0.1) is 0 Å². The maximum atomic E-state index is 12.9. The average molecular weight is 417 g/mol. The summed E-state index contributed by atoms with van der Waals surface area (Å²) < 4.78 is 18.8. The molecule has 2 rings (SSSR count). The molecule has 5 nitrogen and oxygen atoms in total. The van der Waals surface area contributed by atoms with Crippen molar-refractivity contribution < 1.29 is 19.3 Å². The maximum absolute atomic E-state index is 12.9. The average Bonchev–Trinajstić information content (AvgIpc) is 2.63. The van der Waals surface area contributed by atoms with Gasteiger partial charge in [0.1, 0.15) is 5.82 Å². The van der Waals surface area contributed by atoms with Gasteiger partial charge in [0, 0.05) is 24.2 Å². The van der Waals surface area contributed by atoms with Gasteiger partial charge in [-0.25, -0.2) is 4.39 Å². The van der Waals surface area contributed by atoms with Gasteiger partial charge in [0.2, 0.25) is 0 Å². The number of nitrogens with two attached hydrogens (primary N) is 1. The molecule has 2 aromatic carbocycles. The van der Waals surface area contributed by atoms with E-state index in [9.17, 15) is 4.39 Å². The summed E-state index contributed by atoms with van der Waals surface area (Å²) in [7, 11) is 1.00. The summed E-state index contributed by atoms with van der Waals surface area (Å²) in [6.45, 7) is 3.78. The number of hydrogen-bond acceptors (Lipinski definition) is 5. The minimum atomic E-state index is -0.394. The zero-order valence-corrected chi connectivity index (χ0v) is 16.1. The normalized spacial score (nSPS) is 9.36. The number of halogens is 2. The number of hydrogen-bond donors (Lipinski definition) is 4. The van der Waals surface area contributed by atoms with Gasteiger partial charge in [-0.2, -0.15) is 0 Å². The van der Waals surface area contributed by atoms with E-state index in [0.29, 0.717) is 13.2 Å². The largest absolute Gasteiger partial charge is 0.400 e. The SMILES string of the molecule is CCNc1cc(F)c(N)cc1Br.CO.OCCOCc1ccccc1. The molecule has 5 N–H and O–H groups in total. The summed E-state index contributed by atoms with van der Waals surface area (Å²) in [5.41, 5.74) is 7.37. The number of aliphatic hydroxyl groups excluding tert-OH is 2. The van der Waals surface area contributed by atoms with Crippen molar-refractivity contribution in [2.45, 2.75) is 13.5 Å². The molecule has 0 atom stereocenters. The summed E-state index contributed by atoms with van der Waals surface area (Å²) in [5.74, 6) is -0.394. The van der Waals surface area contributed by atoms with E-state index in [2.05, 4.69) is 21.2 Å². The minimum Gasteiger partial charge on any atom is -0.400 e. The predicted molar refractivity (Wildman–Crippen MR) is 104 cm³/mol. The van der Waals surface area contributed by atoms with Crippen LogP contribution >= 0.6 is 15.9 Å². The first-order valence-corrected chi connectivity index (χ1v) is 8.53. The lowest BCUT2D eigenvalue weighted by Crippen LogP contribution is -1.99. The first-order valence-electron chi connectivity index (χ1n) is 7.74. The highest BCUT2D eigenvalue weighted by atomic mass is 79.9. The van der Waals surface area contributed by atoms with E-state index in [4.69, 9.17) is 20.7 Å². The lowest BCUT2D eigenvalue weighted by Gasteiger charge is -2.07. The third kappa shape index (κ3) is 10.0. The third-order valence-corrected chi connectivity index (χ3v) is 3.46. The Morgan fingerprint density at radius 3 is 2.40 bits per heavy atom. The Morgan fingerprint density at radius 2 is 1.84 bits per heavy atom. The van der Waals surface area contributed by atoms with Gasteiger partial charge in [0.05, 0.1) is 31.2 Å². The molecule has 0 aliphatic heterocycles. The lowest BCUT2D eigenvalue weighted by atomic mass is 10.2. The van der Waals surface area contributed by atoms with Crippen LogP contribution in [0.25, 0.3) is 0 Å². The van der Waals surface area contributed by atoms with Gasteiger partial charge in [0.15, 0.2) is 0 Å². The molecule has 0 unspecified atom stereocenters. The lowest BCUT2D eigenvalue weighted by molar-refractivity contribution is 0.0815. The van der Waals surface area contributed by atoms with Crippen LogP contribution in [0, 0.1) is 5.82 Å². The molecule has 0 radical (unpaired) electrons. The van der Waals surface area contributed by atoms with Crippen LogP contribution in [0.1, 0.15) is 12.5 Å². The fraction of sp³-hybridized carbons (Fsp3) is 0.333. The Hall–Kier alpha value is -1.67. The van der Waals surface area contributed by atoms with Crippen molar-refractivity contribution in [1.82, 2.24) is 0 Å². The molecule has 0 saturated heterocycles. The van der Waals surface area contributed by atoms with Gasteiger partial charge in [-0.1, -0.05) is 30.3 Å². The zero-order chi connectivity index (χ0) is 19.1. The third-order valence-electron chi connectivity index (χ3n) is 2.80. The summed E-state index contributed by atoms with van der Waals surface area (Å²) >= 11 is 3.27. The first-order chi connectivity index (χ1) is 12.1. The fourth-order valence-electron chi connectivity index (χ4n) is 1.72. The Kier molecular flexibility index (Phi) is 13.7. The molecule has 0 spiro atoms. The quantitative estimate of drug-likeness (QED) is 0.428. The molecular weight excluding hydrogens is 391 g/mol. The molecule has 0 bridgehead atoms. The van der Waals surface area contributed by atoms with Crippen LogP contribution in [-0.4, -0.2) is 37.1 Å². The van der Waals surface area contributed by atoms with Crippen molar-refractivity contribution in [3.63, 3.8) is 0 Å². The maximum Gasteiger partial charge on any atom is 0.148 e. The Balaban J connectivity index is 0.000000421. The summed E-state index contributed by atoms with van der Waals surface area (Å²) in [4.78, 5) is 0. The summed E-state index contributed by atoms with van der Waals surface area (Å²) in [5, 5.41) is 18.4. The Morgan fingerprint density at radius 1 is 1.20 bits per heavy atom. The number of nitrogen functional groups attached to an aromatic ring is 1. The monoisotopic (exact) mass is 416 g/mol. The molecule has 0 aromatic heterocycles. The van der Waals surface area contributed by atoms with E-state index < -0.39 is 5.82 Å². The van der Waals surface area contributed by atoms with Crippen LogP contribution in [-0.2, 0) is 11.3 Å². The summed E-state index contributed by atoms with van der Waals surface area (Å²) in [6.07, 6.45) is 0. The Bertz CT molecular complexity index is 586. The van der Waals surface area contributed by atoms with E-state index in [1.165, 1.54) is 6.07 Å². The van der Waals surface area contributed by atoms with Crippen LogP contribution in [0.5, 0.6) is 0 Å². The highest BCUT2D eigenvalue weighted by molar-refractivity contribution is 9.10. The second kappa shape index (κ2) is 14.7. The second-order valence-electron chi connectivity index (χ2n) is 4.65. The van der Waals surface area contributed by atoms with Crippen LogP contribution in [0.2, 0.25) is 0 Å². The van der Waals surface area contributed by atoms with E-state index in [-0.39, 0.29) is 12.3 Å². The number of benzene rings is 2. The van der Waals surface area contributed by atoms with E-state index in [0.717, 1.165) is 29.4 Å². The number of anilines is 2. The van der Waals surface area contributed by atoms with Gasteiger partial charge >= 0.3 is 0 Å². The molecule has 25 heavy (non-hydrogen) atoms. The van der Waals surface area contributed by atoms with Crippen molar-refractivity contribution in [3.05, 3.63) is 58.3 Å². The Labute approximate surface area is 156 Å². The van der Waals surface area contributed by atoms with Crippen LogP contribution in [0.3, 0.4) is 0 Å². The second-order valence-corrected chi connectivity index (χ2v) is 5.50. The number of aliphatic hydroxyl groups is 2. The molecular formula is C18H26BrFN2O3. The smallest absolute Gasteiger partial charge is 0.148 e. The standard InChI is InChI=1S/C9H12O2.C8H10BrFN2.CH4O/c10-6-7-11-8-9-4-2-1-3-5-9;1-2-12-8-4-6(10)7(11)3-5(8)9;1-2/h1-5,10H,6-8H2;3-4,12H,2,11H2,1H3;2H,1H3. The van der Waals surface area contributed by atoms with E-state index in [1.807, 2.05) is 37.3 Å². The molecule has 0 amide bonds. The first kappa shape index (κ1) is 23.3. The van der Waals surface area contributed by atoms with Crippen molar-refractivity contribution in [1.29, 1.82) is 0 Å². The van der Waals surface area contributed by atoms with Crippen LogP contribution in [0.4, 0.5) is 15.8 Å². The van der Waals surface area contributed by atoms with Crippen LogP contribution in [0.15, 0.2) is 46.9 Å². The van der Waals surface area contributed by atoms with Crippen molar-refractivity contribution >= 4 is 27.3 Å². The van der Waals surface area contributed by atoms with Crippen molar-refractivity contribution in [2.24, 2.45) is 0 Å². The molecule has 0 heterocycles. The molecule has 7 heteroatoms. The molecule has 0 aliphatic rings. The zero-order valence-electron chi connectivity index (χ0n) is 14.5. The number of nitrogens with one attached hydrogen (secondary N) is 1. The molecule has 0 aliphatic carbocycles. The molecule has 140 valence electrons. The van der Waals surface area contributed by atoms with Gasteiger partial charge in [-0.3, -0.25) is 0 Å². The molecule has 2 aromatic rings. The van der Waals surface area contributed by atoms with Crippen molar-refractivity contribution in [3.8, 4) is 0 Å². The van der Waals surface area contributed by atoms with Gasteiger partial charge in [-0.05, 0) is 34.5 Å². The van der Waals surface area contributed by atoms with Gasteiger partial charge in [0.25, 0.3) is 0 Å². The topological polar surface area (TPSA) is 87.7 Å². The molecule has 0 fully saturated rings. The predicted octanol–water partition coefficient (Wildman–Crippen LogP) is 3.41. The minimum absolute atomic E-state index is 0.0901. The van der Waals surface area contributed by atoms with E-state index >= 15 is 0 Å².